The summed E-state index contributed by atoms with van der Waals surface area (Å²) in [6.45, 7) is 6.20. The predicted octanol–water partition coefficient (Wildman–Crippen LogP) is 4.45. The van der Waals surface area contributed by atoms with Crippen LogP contribution < -0.4 is 10.1 Å². The highest BCUT2D eigenvalue weighted by Gasteiger charge is 2.21. The van der Waals surface area contributed by atoms with E-state index >= 15 is 0 Å². The van der Waals surface area contributed by atoms with Crippen molar-refractivity contribution in [1.82, 2.24) is 0 Å². The molecule has 0 atom stereocenters. The second-order valence-corrected chi connectivity index (χ2v) is 9.70. The number of ether oxygens (including phenoxy) is 1. The average Bonchev–Trinajstić information content (AvgIpc) is 2.59. The van der Waals surface area contributed by atoms with Gasteiger partial charge in [0, 0.05) is 6.42 Å². The van der Waals surface area contributed by atoms with Crippen LogP contribution in [0.5, 0.6) is 5.75 Å². The summed E-state index contributed by atoms with van der Waals surface area (Å²) >= 11 is 5.96. The number of hydrogen-bond donors (Lipinski definition) is 1. The van der Waals surface area contributed by atoms with Crippen LogP contribution in [-0.4, -0.2) is 27.2 Å². The molecule has 0 unspecified atom stereocenters. The van der Waals surface area contributed by atoms with Crippen LogP contribution in [0.25, 0.3) is 0 Å². The van der Waals surface area contributed by atoms with Gasteiger partial charge < -0.3 is 10.1 Å². The number of amides is 1. The molecule has 7 heteroatoms. The van der Waals surface area contributed by atoms with E-state index in [0.29, 0.717) is 11.4 Å². The van der Waals surface area contributed by atoms with Crippen LogP contribution in [0.2, 0.25) is 5.02 Å². The third-order valence-corrected chi connectivity index (χ3v) is 6.32. The third kappa shape index (κ3) is 5.47. The molecule has 2 rings (SSSR count). The lowest BCUT2D eigenvalue weighted by Gasteiger charge is -2.21. The molecule has 0 saturated carbocycles. The second-order valence-electron chi connectivity index (χ2n) is 7.21. The van der Waals surface area contributed by atoms with E-state index in [1.54, 1.807) is 18.2 Å². The fraction of sp³-hybridized carbons (Fsp3) is 0.350. The fourth-order valence-corrected chi connectivity index (χ4v) is 4.33. The highest BCUT2D eigenvalue weighted by Crippen LogP contribution is 2.31. The molecule has 0 aliphatic carbocycles. The van der Waals surface area contributed by atoms with E-state index in [4.69, 9.17) is 16.3 Å². The molecule has 1 N–H and O–H groups in total. The SMILES string of the molecule is COc1ccc(C(C)(C)C)cc1NC(=O)CCS(=O)(=O)c1ccccc1Cl. The first-order valence-corrected chi connectivity index (χ1v) is 10.5. The Balaban J connectivity index is 2.13. The van der Waals surface area contributed by atoms with Gasteiger partial charge in [0.2, 0.25) is 5.91 Å². The zero-order valence-electron chi connectivity index (χ0n) is 15.9. The number of nitrogens with one attached hydrogen (secondary N) is 1. The maximum atomic E-state index is 12.4. The average molecular weight is 410 g/mol. The summed E-state index contributed by atoms with van der Waals surface area (Å²) in [6, 6.07) is 11.8. The molecule has 146 valence electrons. The van der Waals surface area contributed by atoms with E-state index in [9.17, 15) is 13.2 Å². The standard InChI is InChI=1S/C20H24ClNO4S/c1-20(2,3)14-9-10-17(26-4)16(13-14)22-19(23)11-12-27(24,25)18-8-6-5-7-15(18)21/h5-10,13H,11-12H2,1-4H3,(H,22,23). The molecule has 0 fully saturated rings. The number of carbonyl (C=O) groups excluding carboxylic acids is 1. The van der Waals surface area contributed by atoms with Crippen LogP contribution in [0.1, 0.15) is 32.8 Å². The summed E-state index contributed by atoms with van der Waals surface area (Å²) in [7, 11) is -2.13. The molecule has 1 amide bonds. The summed E-state index contributed by atoms with van der Waals surface area (Å²) in [6.07, 6.45) is -0.184. The van der Waals surface area contributed by atoms with Crippen molar-refractivity contribution in [2.24, 2.45) is 0 Å². The number of sulfone groups is 1. The van der Waals surface area contributed by atoms with Gasteiger partial charge in [0.05, 0.1) is 28.5 Å². The molecule has 0 saturated heterocycles. The van der Waals surface area contributed by atoms with Gasteiger partial charge in [0.15, 0.2) is 9.84 Å². The van der Waals surface area contributed by atoms with E-state index in [1.807, 2.05) is 12.1 Å². The van der Waals surface area contributed by atoms with Crippen molar-refractivity contribution < 1.29 is 17.9 Å². The van der Waals surface area contributed by atoms with Gasteiger partial charge in [0.25, 0.3) is 0 Å². The largest absolute Gasteiger partial charge is 0.495 e. The van der Waals surface area contributed by atoms with Gasteiger partial charge in [-0.3, -0.25) is 4.79 Å². The van der Waals surface area contributed by atoms with Gasteiger partial charge >= 0.3 is 0 Å². The topological polar surface area (TPSA) is 72.5 Å². The van der Waals surface area contributed by atoms with Crippen LogP contribution in [-0.2, 0) is 20.0 Å². The van der Waals surface area contributed by atoms with Crippen molar-refractivity contribution in [3.63, 3.8) is 0 Å². The smallest absolute Gasteiger partial charge is 0.225 e. The maximum Gasteiger partial charge on any atom is 0.225 e. The fourth-order valence-electron chi connectivity index (χ4n) is 2.52. The van der Waals surface area contributed by atoms with Crippen LogP contribution in [0.3, 0.4) is 0 Å². The molecular formula is C20H24ClNO4S. The van der Waals surface area contributed by atoms with Crippen LogP contribution in [0, 0.1) is 0 Å². The molecule has 0 spiro atoms. The zero-order valence-corrected chi connectivity index (χ0v) is 17.4. The van der Waals surface area contributed by atoms with Crippen molar-refractivity contribution in [2.45, 2.75) is 37.5 Å². The van der Waals surface area contributed by atoms with Crippen molar-refractivity contribution in [3.8, 4) is 5.75 Å². The highest BCUT2D eigenvalue weighted by atomic mass is 35.5. The first-order chi connectivity index (χ1) is 12.5. The molecular weight excluding hydrogens is 386 g/mol. The van der Waals surface area contributed by atoms with E-state index in [1.165, 1.54) is 19.2 Å². The van der Waals surface area contributed by atoms with Crippen molar-refractivity contribution >= 4 is 33.0 Å². The minimum atomic E-state index is -3.65. The molecule has 0 bridgehead atoms. The second kappa shape index (κ2) is 8.31. The van der Waals surface area contributed by atoms with Crippen LogP contribution in [0.15, 0.2) is 47.4 Å². The zero-order chi connectivity index (χ0) is 20.2. The molecule has 0 aromatic heterocycles. The molecule has 0 aliphatic rings. The quantitative estimate of drug-likeness (QED) is 0.765. The summed E-state index contributed by atoms with van der Waals surface area (Å²) in [5.74, 6) is -0.218. The molecule has 27 heavy (non-hydrogen) atoms. The number of rotatable bonds is 6. The molecule has 0 heterocycles. The number of methoxy groups -OCH3 is 1. The van der Waals surface area contributed by atoms with Crippen LogP contribution >= 0.6 is 11.6 Å². The Labute approximate surface area is 165 Å². The molecule has 2 aromatic carbocycles. The van der Waals surface area contributed by atoms with Gasteiger partial charge in [-0.2, -0.15) is 0 Å². The van der Waals surface area contributed by atoms with Gasteiger partial charge in [-0.25, -0.2) is 8.42 Å². The lowest BCUT2D eigenvalue weighted by atomic mass is 9.87. The Hall–Kier alpha value is -2.05. The van der Waals surface area contributed by atoms with E-state index in [2.05, 4.69) is 26.1 Å². The summed E-state index contributed by atoms with van der Waals surface area (Å²) in [5, 5.41) is 2.90. The Morgan fingerprint density at radius 2 is 1.81 bits per heavy atom. The van der Waals surface area contributed by atoms with Crippen molar-refractivity contribution in [3.05, 3.63) is 53.1 Å². The molecule has 5 nitrogen and oxygen atoms in total. The van der Waals surface area contributed by atoms with Gasteiger partial charge in [-0.15, -0.1) is 0 Å². The number of halogens is 1. The van der Waals surface area contributed by atoms with Crippen molar-refractivity contribution in [1.29, 1.82) is 0 Å². The van der Waals surface area contributed by atoms with E-state index in [-0.39, 0.29) is 27.5 Å². The maximum absolute atomic E-state index is 12.4. The first-order valence-electron chi connectivity index (χ1n) is 8.50. The van der Waals surface area contributed by atoms with Gasteiger partial charge in [-0.05, 0) is 35.2 Å². The molecule has 0 radical (unpaired) electrons. The van der Waals surface area contributed by atoms with Crippen LogP contribution in [0.4, 0.5) is 5.69 Å². The Morgan fingerprint density at radius 3 is 2.41 bits per heavy atom. The number of anilines is 1. The Kier molecular flexibility index (Phi) is 6.54. The Morgan fingerprint density at radius 1 is 1.15 bits per heavy atom. The number of hydrogen-bond acceptors (Lipinski definition) is 4. The number of benzene rings is 2. The van der Waals surface area contributed by atoms with Gasteiger partial charge in [-0.1, -0.05) is 50.6 Å². The summed E-state index contributed by atoms with van der Waals surface area (Å²) in [4.78, 5) is 12.4. The summed E-state index contributed by atoms with van der Waals surface area (Å²) < 4.78 is 30.2. The first kappa shape index (κ1) is 21.3. The van der Waals surface area contributed by atoms with Crippen molar-refractivity contribution in [2.75, 3.05) is 18.2 Å². The predicted molar refractivity (Wildman–Crippen MR) is 108 cm³/mol. The van der Waals surface area contributed by atoms with E-state index < -0.39 is 15.7 Å². The number of carbonyl (C=O) groups is 1. The summed E-state index contributed by atoms with van der Waals surface area (Å²) in [5.41, 5.74) is 1.45. The third-order valence-electron chi connectivity index (χ3n) is 4.11. The van der Waals surface area contributed by atoms with Gasteiger partial charge in [0.1, 0.15) is 5.75 Å². The normalized spacial score (nSPS) is 11.9. The monoisotopic (exact) mass is 409 g/mol. The lowest BCUT2D eigenvalue weighted by molar-refractivity contribution is -0.115. The molecule has 0 aliphatic heterocycles. The lowest BCUT2D eigenvalue weighted by Crippen LogP contribution is -2.19. The van der Waals surface area contributed by atoms with E-state index in [0.717, 1.165) is 5.56 Å². The Bertz CT molecular complexity index is 933. The minimum absolute atomic E-state index is 0.0341. The minimum Gasteiger partial charge on any atom is -0.495 e. The molecule has 2 aromatic rings. The highest BCUT2D eigenvalue weighted by molar-refractivity contribution is 7.91.